The van der Waals surface area contributed by atoms with Crippen LogP contribution in [0.1, 0.15) is 67.0 Å². The summed E-state index contributed by atoms with van der Waals surface area (Å²) in [5.41, 5.74) is 5.65. The van der Waals surface area contributed by atoms with Gasteiger partial charge < -0.3 is 9.26 Å². The van der Waals surface area contributed by atoms with E-state index in [1.54, 1.807) is 31.2 Å². The Morgan fingerprint density at radius 3 is 2.42 bits per heavy atom. The van der Waals surface area contributed by atoms with Gasteiger partial charge in [0.1, 0.15) is 5.75 Å². The first-order valence-corrected chi connectivity index (χ1v) is 11.1. The number of hydrogen-bond donors (Lipinski definition) is 2. The quantitative estimate of drug-likeness (QED) is 0.689. The average molecular weight is 425 g/mol. The molecule has 6 rings (SSSR count). The summed E-state index contributed by atoms with van der Waals surface area (Å²) in [5.74, 6) is 3.08. The molecule has 0 radical (unpaired) electrons. The number of carbonyl (C=O) groups is 2. The summed E-state index contributed by atoms with van der Waals surface area (Å²) in [6.45, 7) is 1.78. The van der Waals surface area contributed by atoms with Gasteiger partial charge in [-0.25, -0.2) is 0 Å². The molecule has 8 heteroatoms. The molecule has 0 saturated heterocycles. The fourth-order valence-corrected chi connectivity index (χ4v) is 6.41. The van der Waals surface area contributed by atoms with Crippen LogP contribution >= 0.6 is 0 Å². The molecule has 4 aliphatic rings. The van der Waals surface area contributed by atoms with Crippen LogP contribution in [0.15, 0.2) is 28.8 Å². The summed E-state index contributed by atoms with van der Waals surface area (Å²) >= 11 is 0. The average Bonchev–Trinajstić information content (AvgIpc) is 3.14. The van der Waals surface area contributed by atoms with E-state index >= 15 is 0 Å². The largest absolute Gasteiger partial charge is 0.485 e. The molecular formula is C23H28N4O4. The van der Waals surface area contributed by atoms with E-state index < -0.39 is 5.91 Å². The fraction of sp³-hybridized carbons (Fsp3) is 0.565. The van der Waals surface area contributed by atoms with Gasteiger partial charge in [-0.3, -0.25) is 20.4 Å². The van der Waals surface area contributed by atoms with Gasteiger partial charge in [0.25, 0.3) is 5.91 Å². The van der Waals surface area contributed by atoms with Gasteiger partial charge in [-0.1, -0.05) is 17.3 Å². The molecule has 164 valence electrons. The summed E-state index contributed by atoms with van der Waals surface area (Å²) < 4.78 is 10.6. The van der Waals surface area contributed by atoms with Crippen molar-refractivity contribution in [1.29, 1.82) is 0 Å². The van der Waals surface area contributed by atoms with Gasteiger partial charge in [0.15, 0.2) is 6.61 Å². The number of rotatable bonds is 6. The molecule has 4 fully saturated rings. The number of carbonyl (C=O) groups excluding carboxylic acids is 2. The lowest BCUT2D eigenvalue weighted by molar-refractivity contribution is -0.130. The third kappa shape index (κ3) is 4.29. The normalized spacial score (nSPS) is 28.4. The number of ether oxygens (including phenoxy) is 1. The molecule has 2 N–H and O–H groups in total. The number of nitrogens with one attached hydrogen (secondary N) is 2. The molecule has 2 aromatic rings. The molecule has 31 heavy (non-hydrogen) atoms. The van der Waals surface area contributed by atoms with Crippen LogP contribution in [0.2, 0.25) is 0 Å². The van der Waals surface area contributed by atoms with Crippen LogP contribution < -0.4 is 15.6 Å². The van der Waals surface area contributed by atoms with Gasteiger partial charge in [-0.05, 0) is 73.8 Å². The Kier molecular flexibility index (Phi) is 5.16. The molecule has 0 spiro atoms. The van der Waals surface area contributed by atoms with Crippen molar-refractivity contribution in [2.45, 2.75) is 58.5 Å². The van der Waals surface area contributed by atoms with Gasteiger partial charge >= 0.3 is 0 Å². The van der Waals surface area contributed by atoms with E-state index in [1.165, 1.54) is 19.3 Å². The van der Waals surface area contributed by atoms with Gasteiger partial charge in [-0.15, -0.1) is 0 Å². The van der Waals surface area contributed by atoms with E-state index in [2.05, 4.69) is 21.0 Å². The molecule has 0 unspecified atom stereocenters. The smallest absolute Gasteiger partial charge is 0.273 e. The van der Waals surface area contributed by atoms with Crippen LogP contribution in [-0.2, 0) is 11.4 Å². The molecule has 1 aromatic heterocycles. The zero-order chi connectivity index (χ0) is 21.4. The SMILES string of the molecule is Cc1nc(COc2ccccc2C(=O)NNC(=O)CC23CC4CC(CC(C4)C2)C3)no1. The molecule has 4 aliphatic carbocycles. The molecule has 0 atom stereocenters. The maximum absolute atomic E-state index is 12.7. The molecule has 1 aromatic carbocycles. The highest BCUT2D eigenvalue weighted by Gasteiger charge is 2.51. The summed E-state index contributed by atoms with van der Waals surface area (Å²) in [6, 6.07) is 6.87. The maximum Gasteiger partial charge on any atom is 0.273 e. The number of hydrogen-bond acceptors (Lipinski definition) is 6. The number of hydrazine groups is 1. The minimum absolute atomic E-state index is 0.0833. The van der Waals surface area contributed by atoms with Crippen molar-refractivity contribution in [3.8, 4) is 5.75 Å². The predicted octanol–water partition coefficient (Wildman–Crippen LogP) is 3.32. The Morgan fingerprint density at radius 2 is 1.77 bits per heavy atom. The Balaban J connectivity index is 1.17. The highest BCUT2D eigenvalue weighted by molar-refractivity contribution is 5.97. The van der Waals surface area contributed by atoms with Gasteiger partial charge in [0.05, 0.1) is 5.56 Å². The first kappa shape index (κ1) is 20.0. The van der Waals surface area contributed by atoms with Crippen molar-refractivity contribution in [2.24, 2.45) is 23.2 Å². The summed E-state index contributed by atoms with van der Waals surface area (Å²) in [4.78, 5) is 29.5. The fourth-order valence-electron chi connectivity index (χ4n) is 6.41. The molecule has 8 nitrogen and oxygen atoms in total. The van der Waals surface area contributed by atoms with E-state index in [-0.39, 0.29) is 17.9 Å². The van der Waals surface area contributed by atoms with Crippen LogP contribution in [0, 0.1) is 30.1 Å². The predicted molar refractivity (Wildman–Crippen MR) is 111 cm³/mol. The van der Waals surface area contributed by atoms with Crippen LogP contribution in [0.25, 0.3) is 0 Å². The van der Waals surface area contributed by atoms with Gasteiger partial charge in [0.2, 0.25) is 17.6 Å². The topological polar surface area (TPSA) is 106 Å². The summed E-state index contributed by atoms with van der Waals surface area (Å²) in [5, 5.41) is 3.78. The third-order valence-electron chi connectivity index (χ3n) is 7.07. The first-order valence-electron chi connectivity index (χ1n) is 11.1. The Hall–Kier alpha value is -2.90. The highest BCUT2D eigenvalue weighted by Crippen LogP contribution is 2.61. The summed E-state index contributed by atoms with van der Waals surface area (Å²) in [7, 11) is 0. The van der Waals surface area contributed by atoms with E-state index in [0.29, 0.717) is 29.4 Å². The Bertz CT molecular complexity index is 950. The monoisotopic (exact) mass is 424 g/mol. The Labute approximate surface area is 181 Å². The van der Waals surface area contributed by atoms with Crippen molar-refractivity contribution < 1.29 is 18.8 Å². The minimum Gasteiger partial charge on any atom is -0.485 e. The zero-order valence-corrected chi connectivity index (χ0v) is 17.7. The van der Waals surface area contributed by atoms with E-state index in [4.69, 9.17) is 9.26 Å². The minimum atomic E-state index is -0.418. The van der Waals surface area contributed by atoms with E-state index in [9.17, 15) is 9.59 Å². The molecule has 4 bridgehead atoms. The second kappa shape index (κ2) is 7.98. The molecule has 2 amide bonds. The molecule has 1 heterocycles. The van der Waals surface area contributed by atoms with Crippen molar-refractivity contribution in [1.82, 2.24) is 21.0 Å². The molecular weight excluding hydrogens is 396 g/mol. The number of nitrogens with zero attached hydrogens (tertiary/aromatic N) is 2. The number of aromatic nitrogens is 2. The summed E-state index contributed by atoms with van der Waals surface area (Å²) in [6.07, 6.45) is 8.01. The van der Waals surface area contributed by atoms with E-state index in [1.807, 2.05) is 0 Å². The maximum atomic E-state index is 12.7. The van der Waals surface area contributed by atoms with Gasteiger partial charge in [-0.2, -0.15) is 4.98 Å². The molecule has 0 aliphatic heterocycles. The van der Waals surface area contributed by atoms with Crippen LogP contribution in [0.4, 0.5) is 0 Å². The number of benzene rings is 1. The first-order chi connectivity index (χ1) is 15.0. The highest BCUT2D eigenvalue weighted by atomic mass is 16.5. The third-order valence-corrected chi connectivity index (χ3v) is 7.07. The standard InChI is InChI=1S/C23H28N4O4/c1-14-24-20(27-31-14)13-30-19-5-3-2-4-18(19)22(29)26-25-21(28)12-23-9-15-6-16(10-23)8-17(7-15)11-23/h2-5,15-17H,6-13H2,1H3,(H,25,28)(H,26,29). The Morgan fingerprint density at radius 1 is 1.10 bits per heavy atom. The van der Waals surface area contributed by atoms with Crippen LogP contribution in [0.3, 0.4) is 0 Å². The zero-order valence-electron chi connectivity index (χ0n) is 17.7. The van der Waals surface area contributed by atoms with Crippen molar-refractivity contribution >= 4 is 11.8 Å². The van der Waals surface area contributed by atoms with Crippen molar-refractivity contribution in [3.05, 3.63) is 41.5 Å². The van der Waals surface area contributed by atoms with Crippen LogP contribution in [-0.4, -0.2) is 22.0 Å². The second-order valence-electron chi connectivity index (χ2n) is 9.61. The lowest BCUT2D eigenvalue weighted by atomic mass is 9.49. The van der Waals surface area contributed by atoms with Crippen molar-refractivity contribution in [2.75, 3.05) is 0 Å². The van der Waals surface area contributed by atoms with Crippen LogP contribution in [0.5, 0.6) is 5.75 Å². The second-order valence-corrected chi connectivity index (χ2v) is 9.61. The van der Waals surface area contributed by atoms with Gasteiger partial charge in [0, 0.05) is 13.3 Å². The van der Waals surface area contributed by atoms with E-state index in [0.717, 1.165) is 37.0 Å². The lowest BCUT2D eigenvalue weighted by Crippen LogP contribution is -2.50. The number of amides is 2. The number of para-hydroxylation sites is 1. The number of aryl methyl sites for hydroxylation is 1. The van der Waals surface area contributed by atoms with Crippen molar-refractivity contribution in [3.63, 3.8) is 0 Å². The lowest BCUT2D eigenvalue weighted by Gasteiger charge is -2.56. The molecule has 4 saturated carbocycles.